The maximum absolute atomic E-state index is 14.3. The van der Waals surface area contributed by atoms with Crippen LogP contribution in [0.1, 0.15) is 47.8 Å². The minimum atomic E-state index is -1.91. The molecule has 1 amide bonds. The lowest BCUT2D eigenvalue weighted by molar-refractivity contribution is -0.297. The number of nitrogens with zero attached hydrogens (tertiary/aromatic N) is 4. The lowest BCUT2D eigenvalue weighted by Gasteiger charge is -2.57. The molecule has 0 bridgehead atoms. The maximum atomic E-state index is 14.3. The van der Waals surface area contributed by atoms with Crippen molar-refractivity contribution in [2.45, 2.75) is 68.0 Å². The Balaban J connectivity index is 1.64. The number of benzene rings is 4. The molecule has 283 valence electrons. The summed E-state index contributed by atoms with van der Waals surface area (Å²) in [6.45, 7) is 9.93. The zero-order chi connectivity index (χ0) is 38.8. The lowest BCUT2D eigenvalue weighted by atomic mass is 9.60. The summed E-state index contributed by atoms with van der Waals surface area (Å²) in [7, 11) is -0.465. The van der Waals surface area contributed by atoms with Gasteiger partial charge in [0.15, 0.2) is 22.7 Å². The summed E-state index contributed by atoms with van der Waals surface area (Å²) in [4.78, 5) is 38.6. The summed E-state index contributed by atoms with van der Waals surface area (Å²) >= 11 is 0. The molecule has 4 aromatic carbocycles. The molecule has 1 radical (unpaired) electrons. The number of hydrogen-bond acceptors (Lipinski definition) is 9. The van der Waals surface area contributed by atoms with Gasteiger partial charge in [0.1, 0.15) is 30.4 Å². The van der Waals surface area contributed by atoms with Gasteiger partial charge < -0.3 is 19.9 Å². The Hall–Kier alpha value is -5.08. The highest BCUT2D eigenvalue weighted by molar-refractivity contribution is 6.59. The van der Waals surface area contributed by atoms with Gasteiger partial charge in [-0.15, -0.1) is 0 Å². The highest BCUT2D eigenvalue weighted by Gasteiger charge is 2.77. The van der Waals surface area contributed by atoms with E-state index in [2.05, 4.69) is 59.8 Å². The first kappa shape index (κ1) is 38.2. The number of hydrogen-bond donors (Lipinski definition) is 2. The van der Waals surface area contributed by atoms with Crippen LogP contribution in [0.5, 0.6) is 0 Å². The molecule has 0 spiro atoms. The van der Waals surface area contributed by atoms with Crippen LogP contribution in [-0.2, 0) is 30.4 Å². The van der Waals surface area contributed by atoms with Crippen molar-refractivity contribution >= 4 is 31.7 Å². The molecule has 2 aromatic heterocycles. The fourth-order valence-corrected chi connectivity index (χ4v) is 9.99. The largest absolute Gasteiger partial charge is 0.386 e. The Morgan fingerprint density at radius 2 is 1.36 bits per heavy atom. The molecule has 4 atom stereocenters. The van der Waals surface area contributed by atoms with Gasteiger partial charge >= 0.3 is 0 Å². The quantitative estimate of drug-likeness (QED) is 0.0590. The molecule has 0 unspecified atom stereocenters. The van der Waals surface area contributed by atoms with Gasteiger partial charge in [0.25, 0.3) is 5.91 Å². The Labute approximate surface area is 322 Å². The Morgan fingerprint density at radius 3 is 1.85 bits per heavy atom. The third-order valence-electron chi connectivity index (χ3n) is 10.3. The van der Waals surface area contributed by atoms with Crippen LogP contribution in [0.25, 0.3) is 11.2 Å². The van der Waals surface area contributed by atoms with Gasteiger partial charge in [-0.25, -0.2) is 24.7 Å². The van der Waals surface area contributed by atoms with E-state index in [0.717, 1.165) is 16.7 Å². The summed E-state index contributed by atoms with van der Waals surface area (Å²) < 4.78 is 16.5. The number of nitrogens with one attached hydrogen (secondary N) is 1. The molecule has 2 N–H and O–H groups in total. The number of anilines is 1. The summed E-state index contributed by atoms with van der Waals surface area (Å²) in [6, 6.07) is 39.1. The van der Waals surface area contributed by atoms with Crippen LogP contribution in [0.15, 0.2) is 134 Å². The number of aromatic nitrogens is 4. The van der Waals surface area contributed by atoms with Crippen LogP contribution in [0.3, 0.4) is 0 Å². The number of imidazole rings is 1. The molecule has 3 heterocycles. The van der Waals surface area contributed by atoms with Crippen molar-refractivity contribution in [2.24, 2.45) is 0 Å². The van der Waals surface area contributed by atoms with Gasteiger partial charge in [0.05, 0.1) is 33.2 Å². The SMILES string of the molecule is COOC[C@H]1O[C@](n2cnc3c(NC(=O)c4ccccc4)ncnc32)(C(c2ccccc2)(c2ccccc2)c2ccccc2)[C@@](O)([Si](C)C)[C@@H]1OC(C)(C)C. The van der Waals surface area contributed by atoms with Crippen molar-refractivity contribution in [1.82, 2.24) is 19.5 Å². The molecule has 1 fully saturated rings. The Kier molecular flexibility index (Phi) is 10.6. The van der Waals surface area contributed by atoms with E-state index in [9.17, 15) is 9.90 Å². The van der Waals surface area contributed by atoms with Crippen LogP contribution in [0.2, 0.25) is 13.1 Å². The lowest BCUT2D eigenvalue weighted by Crippen LogP contribution is -2.73. The average Bonchev–Trinajstić information content (AvgIpc) is 3.74. The first-order chi connectivity index (χ1) is 26.5. The van der Waals surface area contributed by atoms with Crippen LogP contribution >= 0.6 is 0 Å². The summed E-state index contributed by atoms with van der Waals surface area (Å²) in [5, 5.41) is 15.5. The van der Waals surface area contributed by atoms with E-state index in [1.54, 1.807) is 30.6 Å². The molecule has 1 aliphatic rings. The standard InChI is InChI=1S/C43H46N5O6Si/c1-40(2,3)54-36-34(27-52-51-4)53-43(42(36,50)55(5)6,48-29-46-35-37(44-28-45-38(35)48)47-39(49)30-19-11-7-12-20-30)41(31-21-13-8-14-22-31,32-23-15-9-16-24-32)33-25-17-10-18-26-33/h7-26,28-29,34,36,50H,27H2,1-6H3,(H,44,45,47,49)/t34-,36-,42+,43-/m1/s1. The van der Waals surface area contributed by atoms with Crippen molar-refractivity contribution in [3.05, 3.63) is 156 Å². The molecule has 11 nitrogen and oxygen atoms in total. The van der Waals surface area contributed by atoms with Crippen molar-refractivity contribution in [3.63, 3.8) is 0 Å². The zero-order valence-electron chi connectivity index (χ0n) is 31.8. The second kappa shape index (κ2) is 15.2. The van der Waals surface area contributed by atoms with Crippen molar-refractivity contribution in [1.29, 1.82) is 0 Å². The first-order valence-corrected chi connectivity index (χ1v) is 20.7. The highest BCUT2D eigenvalue weighted by atomic mass is 28.3. The second-order valence-corrected chi connectivity index (χ2v) is 17.6. The van der Waals surface area contributed by atoms with Gasteiger partial charge in [-0.2, -0.15) is 0 Å². The fraction of sp³-hybridized carbons (Fsp3) is 0.302. The number of ether oxygens (including phenoxy) is 2. The predicted molar refractivity (Wildman–Crippen MR) is 212 cm³/mol. The minimum absolute atomic E-state index is 0.0646. The van der Waals surface area contributed by atoms with Crippen LogP contribution in [0.4, 0.5) is 5.82 Å². The number of carbonyl (C=O) groups is 1. The van der Waals surface area contributed by atoms with Gasteiger partial charge in [0, 0.05) is 5.56 Å². The number of rotatable bonds is 12. The highest BCUT2D eigenvalue weighted by Crippen LogP contribution is 2.63. The van der Waals surface area contributed by atoms with Gasteiger partial charge in [-0.05, 0) is 49.6 Å². The molecule has 7 rings (SSSR count). The maximum Gasteiger partial charge on any atom is 0.256 e. The van der Waals surface area contributed by atoms with E-state index in [0.29, 0.717) is 16.7 Å². The monoisotopic (exact) mass is 756 g/mol. The molecule has 1 aliphatic heterocycles. The molecule has 0 aliphatic carbocycles. The van der Waals surface area contributed by atoms with E-state index in [-0.39, 0.29) is 18.3 Å². The van der Waals surface area contributed by atoms with Crippen molar-refractivity contribution in [3.8, 4) is 0 Å². The van der Waals surface area contributed by atoms with E-state index < -0.39 is 43.0 Å². The molecule has 6 aromatic rings. The minimum Gasteiger partial charge on any atom is -0.386 e. The molecule has 55 heavy (non-hydrogen) atoms. The van der Waals surface area contributed by atoms with Gasteiger partial charge in [-0.1, -0.05) is 122 Å². The summed E-state index contributed by atoms with van der Waals surface area (Å²) in [5.41, 5.74) is -0.224. The summed E-state index contributed by atoms with van der Waals surface area (Å²) in [6.07, 6.45) is 1.20. The Bertz CT molecular complexity index is 2120. The van der Waals surface area contributed by atoms with Crippen LogP contribution < -0.4 is 5.32 Å². The molecular weight excluding hydrogens is 711 g/mol. The molecule has 0 saturated carbocycles. The zero-order valence-corrected chi connectivity index (χ0v) is 32.8. The topological polar surface area (TPSA) is 130 Å². The van der Waals surface area contributed by atoms with Gasteiger partial charge in [0.2, 0.25) is 0 Å². The van der Waals surface area contributed by atoms with Crippen LogP contribution in [0, 0.1) is 0 Å². The van der Waals surface area contributed by atoms with E-state index in [1.807, 2.05) is 86.0 Å². The Morgan fingerprint density at radius 1 is 0.836 bits per heavy atom. The number of fused-ring (bicyclic) bond motifs is 1. The molecular formula is C43H46N5O6Si. The van der Waals surface area contributed by atoms with Gasteiger partial charge in [-0.3, -0.25) is 9.36 Å². The third-order valence-corrected chi connectivity index (χ3v) is 12.4. The smallest absolute Gasteiger partial charge is 0.256 e. The summed E-state index contributed by atoms with van der Waals surface area (Å²) in [5.74, 6) is -0.145. The van der Waals surface area contributed by atoms with E-state index in [4.69, 9.17) is 29.2 Å². The predicted octanol–water partition coefficient (Wildman–Crippen LogP) is 6.95. The van der Waals surface area contributed by atoms with Crippen molar-refractivity contribution < 1.29 is 29.1 Å². The number of amides is 1. The van der Waals surface area contributed by atoms with Crippen molar-refractivity contribution in [2.75, 3.05) is 19.0 Å². The van der Waals surface area contributed by atoms with E-state index in [1.165, 1.54) is 13.4 Å². The fourth-order valence-electron chi connectivity index (χ4n) is 8.13. The number of aliphatic hydroxyl groups is 1. The second-order valence-electron chi connectivity index (χ2n) is 14.8. The van der Waals surface area contributed by atoms with E-state index >= 15 is 0 Å². The third kappa shape index (κ3) is 6.38. The normalized spacial score (nSPS) is 21.6. The molecule has 12 heteroatoms. The molecule has 1 saturated heterocycles. The van der Waals surface area contributed by atoms with Crippen LogP contribution in [-0.4, -0.2) is 76.1 Å². The average molecular weight is 757 g/mol. The first-order valence-electron chi connectivity index (χ1n) is 18.2. The number of carbonyl (C=O) groups excluding carboxylic acids is 1.